The zero-order valence-corrected chi connectivity index (χ0v) is 10.1. The zero-order valence-electron chi connectivity index (χ0n) is 10.1. The molecule has 0 saturated carbocycles. The molecule has 0 radical (unpaired) electrons. The maximum Gasteiger partial charge on any atom is 0.306 e. The van der Waals surface area contributed by atoms with E-state index in [9.17, 15) is 14.9 Å². The molecular formula is C11H21NO4. The van der Waals surface area contributed by atoms with Crippen molar-refractivity contribution in [2.24, 2.45) is 5.92 Å². The molecule has 0 saturated heterocycles. The van der Waals surface area contributed by atoms with Gasteiger partial charge in [-0.1, -0.05) is 32.6 Å². The lowest BCUT2D eigenvalue weighted by Gasteiger charge is -2.10. The van der Waals surface area contributed by atoms with Gasteiger partial charge in [0.2, 0.25) is 6.54 Å². The van der Waals surface area contributed by atoms with Crippen molar-refractivity contribution >= 4 is 5.97 Å². The topological polar surface area (TPSA) is 69.4 Å². The molecule has 94 valence electrons. The summed E-state index contributed by atoms with van der Waals surface area (Å²) in [5.74, 6) is -0.540. The number of unbranched alkanes of at least 4 members (excludes halogenated alkanes) is 3. The first kappa shape index (κ1) is 14.9. The lowest BCUT2D eigenvalue weighted by atomic mass is 9.97. The fourth-order valence-electron chi connectivity index (χ4n) is 1.65. The van der Waals surface area contributed by atoms with Gasteiger partial charge in [0, 0.05) is 10.8 Å². The van der Waals surface area contributed by atoms with Crippen molar-refractivity contribution in [1.29, 1.82) is 0 Å². The minimum absolute atomic E-state index is 0.138. The summed E-state index contributed by atoms with van der Waals surface area (Å²) in [6.07, 6.45) is 5.19. The fourth-order valence-corrected chi connectivity index (χ4v) is 1.65. The number of methoxy groups -OCH3 is 1. The van der Waals surface area contributed by atoms with Crippen LogP contribution in [0, 0.1) is 16.0 Å². The minimum Gasteiger partial charge on any atom is -0.469 e. The Balaban J connectivity index is 3.90. The number of hydrogen-bond donors (Lipinski definition) is 0. The van der Waals surface area contributed by atoms with Gasteiger partial charge in [-0.15, -0.1) is 0 Å². The third-order valence-corrected chi connectivity index (χ3v) is 2.56. The Labute approximate surface area is 96.3 Å². The highest BCUT2D eigenvalue weighted by Crippen LogP contribution is 2.15. The highest BCUT2D eigenvalue weighted by molar-refractivity contribution is 5.69. The molecule has 1 atom stereocenters. The molecule has 0 aliphatic rings. The summed E-state index contributed by atoms with van der Waals surface area (Å²) >= 11 is 0. The molecule has 0 aromatic heterocycles. The highest BCUT2D eigenvalue weighted by atomic mass is 16.6. The van der Waals surface area contributed by atoms with Crippen molar-refractivity contribution in [2.45, 2.75) is 45.4 Å². The second-order valence-corrected chi connectivity index (χ2v) is 4.01. The number of nitro groups is 1. The number of ether oxygens (including phenoxy) is 1. The molecular weight excluding hydrogens is 210 g/mol. The summed E-state index contributed by atoms with van der Waals surface area (Å²) in [5.41, 5.74) is 0. The van der Waals surface area contributed by atoms with Crippen LogP contribution in [0.25, 0.3) is 0 Å². The molecule has 16 heavy (non-hydrogen) atoms. The van der Waals surface area contributed by atoms with Gasteiger partial charge in [-0.3, -0.25) is 14.9 Å². The van der Waals surface area contributed by atoms with Crippen LogP contribution in [0.5, 0.6) is 0 Å². The molecule has 0 aromatic rings. The summed E-state index contributed by atoms with van der Waals surface area (Å²) in [7, 11) is 1.31. The van der Waals surface area contributed by atoms with Crippen molar-refractivity contribution < 1.29 is 14.5 Å². The first-order valence-electron chi connectivity index (χ1n) is 5.78. The van der Waals surface area contributed by atoms with E-state index >= 15 is 0 Å². The second kappa shape index (κ2) is 9.12. The van der Waals surface area contributed by atoms with Gasteiger partial charge in [0.15, 0.2) is 0 Å². The maximum atomic E-state index is 11.0. The van der Waals surface area contributed by atoms with Gasteiger partial charge in [0.05, 0.1) is 13.5 Å². The molecule has 0 rings (SSSR count). The molecule has 0 unspecified atom stereocenters. The van der Waals surface area contributed by atoms with Crippen LogP contribution < -0.4 is 0 Å². The predicted molar refractivity (Wildman–Crippen MR) is 60.7 cm³/mol. The normalized spacial score (nSPS) is 12.1. The third kappa shape index (κ3) is 8.20. The second-order valence-electron chi connectivity index (χ2n) is 4.01. The molecule has 0 bridgehead atoms. The molecule has 0 aliphatic carbocycles. The number of carbonyl (C=O) groups excluding carboxylic acids is 1. The highest BCUT2D eigenvalue weighted by Gasteiger charge is 2.19. The Bertz CT molecular complexity index is 218. The first-order valence-corrected chi connectivity index (χ1v) is 5.78. The average Bonchev–Trinajstić information content (AvgIpc) is 2.23. The van der Waals surface area contributed by atoms with Gasteiger partial charge in [-0.25, -0.2) is 0 Å². The Kier molecular flexibility index (Phi) is 8.48. The molecule has 5 heteroatoms. The third-order valence-electron chi connectivity index (χ3n) is 2.56. The first-order chi connectivity index (χ1) is 7.60. The van der Waals surface area contributed by atoms with Crippen LogP contribution in [0.15, 0.2) is 0 Å². The zero-order chi connectivity index (χ0) is 12.4. The molecule has 0 aromatic carbocycles. The molecule has 0 heterocycles. The number of carbonyl (C=O) groups is 1. The van der Waals surface area contributed by atoms with Gasteiger partial charge in [0.25, 0.3) is 0 Å². The maximum absolute atomic E-state index is 11.0. The van der Waals surface area contributed by atoms with Crippen LogP contribution >= 0.6 is 0 Å². The van der Waals surface area contributed by atoms with Crippen molar-refractivity contribution in [3.8, 4) is 0 Å². The lowest BCUT2D eigenvalue weighted by Crippen LogP contribution is -2.18. The van der Waals surface area contributed by atoms with Crippen molar-refractivity contribution in [3.05, 3.63) is 10.1 Å². The van der Waals surface area contributed by atoms with E-state index in [4.69, 9.17) is 0 Å². The van der Waals surface area contributed by atoms with Gasteiger partial charge in [0.1, 0.15) is 0 Å². The number of rotatable bonds is 9. The molecule has 0 amide bonds. The number of hydrogen-bond acceptors (Lipinski definition) is 4. The van der Waals surface area contributed by atoms with E-state index in [0.29, 0.717) is 0 Å². The van der Waals surface area contributed by atoms with Gasteiger partial charge < -0.3 is 4.74 Å². The monoisotopic (exact) mass is 231 g/mol. The van der Waals surface area contributed by atoms with E-state index < -0.39 is 0 Å². The van der Waals surface area contributed by atoms with E-state index in [1.807, 2.05) is 0 Å². The fraction of sp³-hybridized carbons (Fsp3) is 0.909. The van der Waals surface area contributed by atoms with Crippen LogP contribution in [0.2, 0.25) is 0 Å². The van der Waals surface area contributed by atoms with Crippen LogP contribution in [-0.4, -0.2) is 24.5 Å². The Morgan fingerprint density at radius 3 is 2.56 bits per heavy atom. The van der Waals surface area contributed by atoms with Crippen molar-refractivity contribution in [1.82, 2.24) is 0 Å². The summed E-state index contributed by atoms with van der Waals surface area (Å²) < 4.78 is 4.53. The Morgan fingerprint density at radius 1 is 1.38 bits per heavy atom. The van der Waals surface area contributed by atoms with Crippen LogP contribution in [0.4, 0.5) is 0 Å². The summed E-state index contributed by atoms with van der Waals surface area (Å²) in [6, 6.07) is 0. The minimum atomic E-state index is -0.359. The van der Waals surface area contributed by atoms with Gasteiger partial charge >= 0.3 is 5.97 Å². The van der Waals surface area contributed by atoms with E-state index in [1.54, 1.807) is 0 Å². The van der Waals surface area contributed by atoms with Crippen molar-refractivity contribution in [3.63, 3.8) is 0 Å². The average molecular weight is 231 g/mol. The van der Waals surface area contributed by atoms with E-state index in [0.717, 1.165) is 32.1 Å². The summed E-state index contributed by atoms with van der Waals surface area (Å²) in [5, 5.41) is 10.4. The lowest BCUT2D eigenvalue weighted by molar-refractivity contribution is -0.488. The molecule has 0 fully saturated rings. The van der Waals surface area contributed by atoms with Gasteiger partial charge in [-0.2, -0.15) is 0 Å². The molecule has 0 spiro atoms. The van der Waals surface area contributed by atoms with Crippen LogP contribution in [0.3, 0.4) is 0 Å². The Morgan fingerprint density at radius 2 is 2.06 bits per heavy atom. The molecule has 0 aliphatic heterocycles. The van der Waals surface area contributed by atoms with Crippen LogP contribution in [0.1, 0.15) is 45.4 Å². The quantitative estimate of drug-likeness (QED) is 0.264. The SMILES string of the molecule is CCCCCC[C@H](CC(=O)OC)C[N+](=O)[O-]. The van der Waals surface area contributed by atoms with E-state index in [2.05, 4.69) is 11.7 Å². The molecule has 0 N–H and O–H groups in total. The van der Waals surface area contributed by atoms with Crippen molar-refractivity contribution in [2.75, 3.05) is 13.7 Å². The van der Waals surface area contributed by atoms with Crippen LogP contribution in [-0.2, 0) is 9.53 Å². The van der Waals surface area contributed by atoms with Gasteiger partial charge in [-0.05, 0) is 6.42 Å². The van der Waals surface area contributed by atoms with E-state index in [1.165, 1.54) is 7.11 Å². The predicted octanol–water partition coefficient (Wildman–Crippen LogP) is 2.41. The summed E-state index contributed by atoms with van der Waals surface area (Å²) in [6.45, 7) is 1.98. The number of esters is 1. The standard InChI is InChI=1S/C11H21NO4/c1-3-4-5-6-7-10(9-12(14)15)8-11(13)16-2/h10H,3-9H2,1-2H3/t10-/m1/s1. The number of nitrogens with zero attached hydrogens (tertiary/aromatic N) is 1. The Hall–Kier alpha value is -1.13. The van der Waals surface area contributed by atoms with E-state index in [-0.39, 0.29) is 29.8 Å². The molecule has 5 nitrogen and oxygen atoms in total. The largest absolute Gasteiger partial charge is 0.469 e. The summed E-state index contributed by atoms with van der Waals surface area (Å²) in [4.78, 5) is 21.1. The smallest absolute Gasteiger partial charge is 0.306 e.